The number of nitrogens with zero attached hydrogens (tertiary/aromatic N) is 5. The fourth-order valence-corrected chi connectivity index (χ4v) is 3.02. The molecule has 152 valence electrons. The summed E-state index contributed by atoms with van der Waals surface area (Å²) in [5, 5.41) is 7.40. The van der Waals surface area contributed by atoms with E-state index in [2.05, 4.69) is 10.4 Å². The molecule has 0 atom stereocenters. The normalized spacial score (nSPS) is 11.4. The molecule has 1 heterocycles. The van der Waals surface area contributed by atoms with Gasteiger partial charge in [0, 0.05) is 11.2 Å². The molecule has 0 aliphatic carbocycles. The van der Waals surface area contributed by atoms with Crippen molar-refractivity contribution in [3.8, 4) is 11.4 Å². The summed E-state index contributed by atoms with van der Waals surface area (Å²) in [5.74, 6) is -0.629. The molecule has 1 aromatic heterocycles. The molecular formula is C20H22FN5O3. The van der Waals surface area contributed by atoms with E-state index >= 15 is 0 Å². The maximum Gasteiger partial charge on any atom is 0.377 e. The Bertz CT molecular complexity index is 1110. The van der Waals surface area contributed by atoms with Crippen LogP contribution < -0.4 is 15.3 Å². The van der Waals surface area contributed by atoms with Gasteiger partial charge in [0.2, 0.25) is 0 Å². The van der Waals surface area contributed by atoms with Gasteiger partial charge in [0.25, 0.3) is 0 Å². The van der Waals surface area contributed by atoms with Crippen molar-refractivity contribution >= 4 is 11.7 Å². The van der Waals surface area contributed by atoms with Crippen LogP contribution in [0.5, 0.6) is 5.75 Å². The summed E-state index contributed by atoms with van der Waals surface area (Å²) in [5.41, 5.74) is -0.217. The molecule has 0 unspecified atom stereocenters. The van der Waals surface area contributed by atoms with Crippen molar-refractivity contribution in [3.63, 3.8) is 0 Å². The molecule has 0 N–H and O–H groups in total. The number of carbonyl (C=O) groups excluding carboxylic acids is 1. The molecule has 29 heavy (non-hydrogen) atoms. The van der Waals surface area contributed by atoms with Gasteiger partial charge in [-0.05, 0) is 68.0 Å². The molecule has 9 heteroatoms. The molecule has 0 bridgehead atoms. The van der Waals surface area contributed by atoms with Gasteiger partial charge in [-0.15, -0.1) is 4.68 Å². The summed E-state index contributed by atoms with van der Waals surface area (Å²) in [6.07, 6.45) is 0. The van der Waals surface area contributed by atoms with Gasteiger partial charge in [0.15, 0.2) is 5.82 Å². The molecule has 0 aliphatic heterocycles. The topological polar surface area (TPSA) is 82.2 Å². The lowest BCUT2D eigenvalue weighted by atomic mass is 10.0. The van der Waals surface area contributed by atoms with E-state index in [-0.39, 0.29) is 11.4 Å². The fraction of sp³-hybridized carbons (Fsp3) is 0.300. The Balaban J connectivity index is 2.12. The molecule has 2 aromatic carbocycles. The van der Waals surface area contributed by atoms with Crippen molar-refractivity contribution in [2.75, 3.05) is 12.0 Å². The van der Waals surface area contributed by atoms with E-state index in [1.165, 1.54) is 30.2 Å². The number of halogens is 1. The smallest absolute Gasteiger partial charge is 0.377 e. The Labute approximate surface area is 167 Å². The number of aryl methyl sites for hydroxylation is 1. The van der Waals surface area contributed by atoms with E-state index in [0.29, 0.717) is 15.1 Å². The van der Waals surface area contributed by atoms with E-state index < -0.39 is 23.1 Å². The van der Waals surface area contributed by atoms with Crippen molar-refractivity contribution in [2.45, 2.75) is 33.2 Å². The van der Waals surface area contributed by atoms with E-state index in [1.807, 2.05) is 45.9 Å². The Morgan fingerprint density at radius 1 is 1.14 bits per heavy atom. The van der Waals surface area contributed by atoms with Crippen LogP contribution in [-0.4, -0.2) is 38.5 Å². The highest BCUT2D eigenvalue weighted by Crippen LogP contribution is 2.26. The zero-order chi connectivity index (χ0) is 21.3. The molecule has 3 rings (SSSR count). The summed E-state index contributed by atoms with van der Waals surface area (Å²) in [7, 11) is 1.35. The molecular weight excluding hydrogens is 377 g/mol. The second-order valence-electron chi connectivity index (χ2n) is 7.50. The summed E-state index contributed by atoms with van der Waals surface area (Å²) < 4.78 is 20.8. The highest BCUT2D eigenvalue weighted by molar-refractivity contribution is 5.94. The van der Waals surface area contributed by atoms with Crippen molar-refractivity contribution in [1.82, 2.24) is 19.8 Å². The first-order valence-electron chi connectivity index (χ1n) is 8.94. The minimum Gasteiger partial charge on any atom is -0.494 e. The monoisotopic (exact) mass is 399 g/mol. The van der Waals surface area contributed by atoms with Gasteiger partial charge in [-0.1, -0.05) is 18.2 Å². The Hall–Kier alpha value is -3.49. The average molecular weight is 399 g/mol. The molecule has 0 fully saturated rings. The Morgan fingerprint density at radius 2 is 1.83 bits per heavy atom. The maximum atomic E-state index is 14.4. The number of hydrogen-bond donors (Lipinski definition) is 0. The zero-order valence-electron chi connectivity index (χ0n) is 16.9. The predicted molar refractivity (Wildman–Crippen MR) is 106 cm³/mol. The van der Waals surface area contributed by atoms with Crippen LogP contribution in [0.25, 0.3) is 5.69 Å². The van der Waals surface area contributed by atoms with E-state index in [9.17, 15) is 14.0 Å². The SMILES string of the molecule is COc1cccc(F)c1-n1nnn(C(=O)N(c2cccc(C)c2)C(C)(C)C)c1=O. The van der Waals surface area contributed by atoms with Crippen LogP contribution in [0.3, 0.4) is 0 Å². The Morgan fingerprint density at radius 3 is 2.45 bits per heavy atom. The largest absolute Gasteiger partial charge is 0.494 e. The third kappa shape index (κ3) is 3.75. The number of ether oxygens (including phenoxy) is 1. The van der Waals surface area contributed by atoms with Gasteiger partial charge in [-0.25, -0.2) is 14.0 Å². The van der Waals surface area contributed by atoms with Crippen LogP contribution >= 0.6 is 0 Å². The maximum absolute atomic E-state index is 14.4. The second kappa shape index (κ2) is 7.50. The lowest BCUT2D eigenvalue weighted by Crippen LogP contribution is -2.50. The Kier molecular flexibility index (Phi) is 5.23. The number of benzene rings is 2. The van der Waals surface area contributed by atoms with Gasteiger partial charge in [-0.3, -0.25) is 4.90 Å². The standard InChI is InChI=1S/C20H22FN5O3/c1-13-8-6-9-14(12-13)24(20(2,3)4)18(27)26-19(28)25(22-23-26)17-15(21)10-7-11-16(17)29-5/h6-12H,1-5H3. The first kappa shape index (κ1) is 20.2. The minimum absolute atomic E-state index is 0.0953. The average Bonchev–Trinajstić information content (AvgIpc) is 3.01. The number of carbonyl (C=O) groups is 1. The number of tetrazole rings is 1. The van der Waals surface area contributed by atoms with Crippen LogP contribution in [0, 0.1) is 12.7 Å². The third-order valence-corrected chi connectivity index (χ3v) is 4.27. The van der Waals surface area contributed by atoms with Crippen LogP contribution in [0.4, 0.5) is 14.9 Å². The lowest BCUT2D eigenvalue weighted by molar-refractivity contribution is 0.238. The van der Waals surface area contributed by atoms with Crippen molar-refractivity contribution < 1.29 is 13.9 Å². The molecule has 0 saturated carbocycles. The first-order chi connectivity index (χ1) is 13.6. The first-order valence-corrected chi connectivity index (χ1v) is 8.94. The number of hydrogen-bond acceptors (Lipinski definition) is 5. The van der Waals surface area contributed by atoms with Crippen molar-refractivity contribution in [3.05, 3.63) is 64.3 Å². The van der Waals surface area contributed by atoms with Gasteiger partial charge in [-0.2, -0.15) is 4.68 Å². The number of methoxy groups -OCH3 is 1. The van der Waals surface area contributed by atoms with Crippen molar-refractivity contribution in [2.24, 2.45) is 0 Å². The lowest BCUT2D eigenvalue weighted by Gasteiger charge is -2.34. The molecule has 0 saturated heterocycles. The number of amides is 1. The molecule has 8 nitrogen and oxygen atoms in total. The fourth-order valence-electron chi connectivity index (χ4n) is 3.02. The molecule has 3 aromatic rings. The van der Waals surface area contributed by atoms with Crippen molar-refractivity contribution in [1.29, 1.82) is 0 Å². The van der Waals surface area contributed by atoms with Gasteiger partial charge in [0.05, 0.1) is 7.11 Å². The number of para-hydroxylation sites is 1. The van der Waals surface area contributed by atoms with Gasteiger partial charge >= 0.3 is 11.7 Å². The highest BCUT2D eigenvalue weighted by Gasteiger charge is 2.32. The summed E-state index contributed by atoms with van der Waals surface area (Å²) in [6, 6.07) is 10.7. The van der Waals surface area contributed by atoms with E-state index in [0.717, 1.165) is 5.56 Å². The van der Waals surface area contributed by atoms with Crippen LogP contribution in [-0.2, 0) is 0 Å². The number of anilines is 1. The summed E-state index contributed by atoms with van der Waals surface area (Å²) >= 11 is 0. The van der Waals surface area contributed by atoms with Gasteiger partial charge in [0.1, 0.15) is 11.4 Å². The van der Waals surface area contributed by atoms with Crippen LogP contribution in [0.2, 0.25) is 0 Å². The zero-order valence-corrected chi connectivity index (χ0v) is 16.9. The summed E-state index contributed by atoms with van der Waals surface area (Å²) in [6.45, 7) is 7.41. The number of rotatable bonds is 3. The molecule has 0 radical (unpaired) electrons. The number of aromatic nitrogens is 4. The van der Waals surface area contributed by atoms with Crippen LogP contribution in [0.1, 0.15) is 26.3 Å². The van der Waals surface area contributed by atoms with E-state index in [4.69, 9.17) is 4.74 Å². The highest BCUT2D eigenvalue weighted by atomic mass is 19.1. The van der Waals surface area contributed by atoms with Gasteiger partial charge < -0.3 is 4.74 Å². The quantitative estimate of drug-likeness (QED) is 0.632. The molecule has 0 aliphatic rings. The van der Waals surface area contributed by atoms with E-state index in [1.54, 1.807) is 6.07 Å². The molecule has 1 amide bonds. The van der Waals surface area contributed by atoms with Crippen LogP contribution in [0.15, 0.2) is 47.3 Å². The minimum atomic E-state index is -0.902. The second-order valence-corrected chi connectivity index (χ2v) is 7.50. The third-order valence-electron chi connectivity index (χ3n) is 4.27. The predicted octanol–water partition coefficient (Wildman–Crippen LogP) is 3.16. The molecule has 0 spiro atoms. The summed E-state index contributed by atoms with van der Waals surface area (Å²) in [4.78, 5) is 27.6.